The Balaban J connectivity index is 1.72. The van der Waals surface area contributed by atoms with Crippen molar-refractivity contribution >= 4 is 28.9 Å². The first-order valence-corrected chi connectivity index (χ1v) is 8.62. The number of hydrogen-bond acceptors (Lipinski definition) is 4. The maximum absolute atomic E-state index is 12.4. The molecular weight excluding hydrogens is 264 g/mol. The lowest BCUT2D eigenvalue weighted by molar-refractivity contribution is -0.0959. The first-order chi connectivity index (χ1) is 8.79. The number of ether oxygens (including phenoxy) is 1. The summed E-state index contributed by atoms with van der Waals surface area (Å²) in [7, 11) is 0. The number of Topliss-reactive ketones (excluding diaryl/α,β-unsaturated/α-hetero) is 1. The summed E-state index contributed by atoms with van der Waals surface area (Å²) in [6, 6.07) is 3.91. The summed E-state index contributed by atoms with van der Waals surface area (Å²) in [6.07, 6.45) is 4.06. The molecule has 0 amide bonds. The number of carbonyl (C=O) groups excluding carboxylic acids is 1. The molecule has 1 aromatic heterocycles. The van der Waals surface area contributed by atoms with Crippen LogP contribution in [-0.2, 0) is 4.74 Å². The lowest BCUT2D eigenvalue weighted by Gasteiger charge is -2.42. The van der Waals surface area contributed by atoms with Crippen molar-refractivity contribution in [2.24, 2.45) is 5.92 Å². The van der Waals surface area contributed by atoms with Gasteiger partial charge in [0.15, 0.2) is 5.78 Å². The van der Waals surface area contributed by atoms with Gasteiger partial charge in [0, 0.05) is 12.5 Å². The van der Waals surface area contributed by atoms with Crippen molar-refractivity contribution in [1.29, 1.82) is 0 Å². The van der Waals surface area contributed by atoms with Crippen molar-refractivity contribution in [3.63, 3.8) is 0 Å². The number of rotatable bonds is 2. The quantitative estimate of drug-likeness (QED) is 0.775. The molecule has 98 valence electrons. The molecule has 2 saturated heterocycles. The van der Waals surface area contributed by atoms with E-state index in [0.29, 0.717) is 5.78 Å². The summed E-state index contributed by atoms with van der Waals surface area (Å²) in [5, 5.41) is 1.99. The minimum Gasteiger partial charge on any atom is -0.375 e. The van der Waals surface area contributed by atoms with Crippen molar-refractivity contribution in [3.8, 4) is 0 Å². The van der Waals surface area contributed by atoms with Gasteiger partial charge >= 0.3 is 0 Å². The molecule has 2 fully saturated rings. The van der Waals surface area contributed by atoms with Crippen LogP contribution in [0.25, 0.3) is 0 Å². The molecule has 18 heavy (non-hydrogen) atoms. The summed E-state index contributed by atoms with van der Waals surface area (Å²) < 4.78 is 6.04. The molecule has 3 rings (SSSR count). The third-order valence-corrected chi connectivity index (χ3v) is 5.90. The lowest BCUT2D eigenvalue weighted by Crippen LogP contribution is -2.44. The number of carbonyl (C=O) groups is 1. The van der Waals surface area contributed by atoms with E-state index in [1.807, 2.05) is 29.3 Å². The Labute approximate surface area is 116 Å². The molecule has 0 N–H and O–H groups in total. The molecule has 2 aliphatic heterocycles. The summed E-state index contributed by atoms with van der Waals surface area (Å²) >= 11 is 3.57. The van der Waals surface area contributed by atoms with E-state index in [2.05, 4.69) is 0 Å². The van der Waals surface area contributed by atoms with Gasteiger partial charge in [-0.15, -0.1) is 11.3 Å². The summed E-state index contributed by atoms with van der Waals surface area (Å²) in [5.41, 5.74) is 0.0150. The van der Waals surface area contributed by atoms with E-state index in [0.717, 1.165) is 37.2 Å². The van der Waals surface area contributed by atoms with Gasteiger partial charge < -0.3 is 4.74 Å². The Morgan fingerprint density at radius 2 is 2.22 bits per heavy atom. The molecule has 0 saturated carbocycles. The highest BCUT2D eigenvalue weighted by Crippen LogP contribution is 2.40. The fourth-order valence-corrected chi connectivity index (χ4v) is 4.94. The topological polar surface area (TPSA) is 26.3 Å². The van der Waals surface area contributed by atoms with Crippen LogP contribution in [0.2, 0.25) is 0 Å². The Kier molecular flexibility index (Phi) is 3.78. The van der Waals surface area contributed by atoms with Crippen LogP contribution in [0.3, 0.4) is 0 Å². The highest BCUT2D eigenvalue weighted by atomic mass is 32.2. The van der Waals surface area contributed by atoms with Crippen LogP contribution in [0.15, 0.2) is 17.5 Å². The molecule has 2 aliphatic rings. The Bertz CT molecular complexity index is 402. The van der Waals surface area contributed by atoms with Crippen LogP contribution < -0.4 is 0 Å². The monoisotopic (exact) mass is 282 g/mol. The third-order valence-electron chi connectivity index (χ3n) is 4.03. The normalized spacial score (nSPS) is 27.2. The Morgan fingerprint density at radius 1 is 1.39 bits per heavy atom. The predicted octanol–water partition coefficient (Wildman–Crippen LogP) is 3.62. The third kappa shape index (κ3) is 2.51. The number of hydrogen-bond donors (Lipinski definition) is 0. The standard InChI is InChI=1S/C14H18O2S2/c15-13(12-2-1-7-18-12)11-3-6-16-14(10-11)4-8-17-9-5-14/h1-2,7,11H,3-6,8-10H2. The molecule has 3 heterocycles. The van der Waals surface area contributed by atoms with Crippen LogP contribution >= 0.6 is 23.1 Å². The van der Waals surface area contributed by atoms with E-state index in [4.69, 9.17) is 4.74 Å². The van der Waals surface area contributed by atoms with Gasteiger partial charge in [0.05, 0.1) is 10.5 Å². The van der Waals surface area contributed by atoms with Crippen molar-refractivity contribution in [3.05, 3.63) is 22.4 Å². The number of thioether (sulfide) groups is 1. The number of ketones is 1. The highest BCUT2D eigenvalue weighted by molar-refractivity contribution is 7.99. The zero-order valence-corrected chi connectivity index (χ0v) is 12.0. The SMILES string of the molecule is O=C(c1cccs1)C1CCOC2(CCSCC2)C1. The van der Waals surface area contributed by atoms with Crippen LogP contribution in [-0.4, -0.2) is 29.5 Å². The van der Waals surface area contributed by atoms with Crippen molar-refractivity contribution in [2.45, 2.75) is 31.3 Å². The van der Waals surface area contributed by atoms with E-state index in [1.165, 1.54) is 11.5 Å². The van der Waals surface area contributed by atoms with Crippen molar-refractivity contribution < 1.29 is 9.53 Å². The zero-order valence-electron chi connectivity index (χ0n) is 10.4. The molecule has 1 unspecified atom stereocenters. The van der Waals surface area contributed by atoms with Crippen LogP contribution in [0.4, 0.5) is 0 Å². The largest absolute Gasteiger partial charge is 0.375 e. The Hall–Kier alpha value is -0.320. The molecule has 0 radical (unpaired) electrons. The maximum atomic E-state index is 12.4. The zero-order chi connectivity index (χ0) is 12.4. The van der Waals surface area contributed by atoms with Gasteiger partial charge in [-0.2, -0.15) is 11.8 Å². The van der Waals surface area contributed by atoms with Gasteiger partial charge in [0.2, 0.25) is 0 Å². The average molecular weight is 282 g/mol. The maximum Gasteiger partial charge on any atom is 0.176 e. The summed E-state index contributed by atoms with van der Waals surface area (Å²) in [5.74, 6) is 2.88. The molecule has 2 nitrogen and oxygen atoms in total. The second kappa shape index (κ2) is 5.35. The predicted molar refractivity (Wildman–Crippen MR) is 76.6 cm³/mol. The highest BCUT2D eigenvalue weighted by Gasteiger charge is 2.41. The van der Waals surface area contributed by atoms with Gasteiger partial charge in [0.25, 0.3) is 0 Å². The van der Waals surface area contributed by atoms with Gasteiger partial charge in [-0.3, -0.25) is 4.79 Å². The fourth-order valence-electron chi connectivity index (χ4n) is 2.96. The second-order valence-electron chi connectivity index (χ2n) is 5.18. The molecular formula is C14H18O2S2. The smallest absolute Gasteiger partial charge is 0.176 e. The van der Waals surface area contributed by atoms with E-state index < -0.39 is 0 Å². The summed E-state index contributed by atoms with van der Waals surface area (Å²) in [6.45, 7) is 0.756. The van der Waals surface area contributed by atoms with Crippen LogP contribution in [0.5, 0.6) is 0 Å². The molecule has 1 atom stereocenters. The van der Waals surface area contributed by atoms with Gasteiger partial charge in [0.1, 0.15) is 0 Å². The minimum absolute atomic E-state index is 0.0150. The van der Waals surface area contributed by atoms with Crippen molar-refractivity contribution in [2.75, 3.05) is 18.1 Å². The summed E-state index contributed by atoms with van der Waals surface area (Å²) in [4.78, 5) is 13.4. The first-order valence-electron chi connectivity index (χ1n) is 6.59. The van der Waals surface area contributed by atoms with Crippen molar-refractivity contribution in [1.82, 2.24) is 0 Å². The van der Waals surface area contributed by atoms with E-state index in [9.17, 15) is 4.79 Å². The molecule has 0 aliphatic carbocycles. The van der Waals surface area contributed by atoms with Crippen LogP contribution in [0.1, 0.15) is 35.4 Å². The molecule has 0 bridgehead atoms. The van der Waals surface area contributed by atoms with Gasteiger partial charge in [-0.05, 0) is 48.6 Å². The molecule has 4 heteroatoms. The van der Waals surface area contributed by atoms with E-state index in [-0.39, 0.29) is 11.5 Å². The second-order valence-corrected chi connectivity index (χ2v) is 7.35. The minimum atomic E-state index is 0.0150. The number of thiophene rings is 1. The molecule has 1 spiro atoms. The van der Waals surface area contributed by atoms with E-state index in [1.54, 1.807) is 11.3 Å². The first kappa shape index (κ1) is 12.7. The van der Waals surface area contributed by atoms with Gasteiger partial charge in [-0.25, -0.2) is 0 Å². The van der Waals surface area contributed by atoms with Gasteiger partial charge in [-0.1, -0.05) is 6.07 Å². The molecule has 0 aromatic carbocycles. The van der Waals surface area contributed by atoms with Crippen LogP contribution in [0, 0.1) is 5.92 Å². The van der Waals surface area contributed by atoms with E-state index >= 15 is 0 Å². The Morgan fingerprint density at radius 3 is 2.94 bits per heavy atom. The fraction of sp³-hybridized carbons (Fsp3) is 0.643. The average Bonchev–Trinajstić information content (AvgIpc) is 2.93. The lowest BCUT2D eigenvalue weighted by atomic mass is 9.80. The molecule has 1 aromatic rings.